The molecule has 2 saturated heterocycles. The molecular weight excluding hydrogens is 465 g/mol. The van der Waals surface area contributed by atoms with Crippen molar-refractivity contribution in [2.45, 2.75) is 39.2 Å². The Hall–Kier alpha value is -3.40. The summed E-state index contributed by atoms with van der Waals surface area (Å²) in [6.45, 7) is 9.99. The molecule has 3 heterocycles. The largest absolute Gasteiger partial charge is 0.494 e. The van der Waals surface area contributed by atoms with Gasteiger partial charge in [0.1, 0.15) is 5.56 Å². The van der Waals surface area contributed by atoms with Gasteiger partial charge in [-0.2, -0.15) is 5.10 Å². The van der Waals surface area contributed by atoms with Gasteiger partial charge in [0.05, 0.1) is 26.2 Å². The average molecular weight is 497 g/mol. The van der Waals surface area contributed by atoms with Crippen LogP contribution in [0.2, 0.25) is 0 Å². The first-order chi connectivity index (χ1) is 17.3. The summed E-state index contributed by atoms with van der Waals surface area (Å²) >= 11 is 0. The van der Waals surface area contributed by atoms with Gasteiger partial charge in [-0.25, -0.2) is 5.26 Å². The highest BCUT2D eigenvalue weighted by Gasteiger charge is 2.35. The second-order valence-electron chi connectivity index (χ2n) is 9.52. The Labute approximate surface area is 211 Å². The number of nitrogens with zero attached hydrogens (tertiary/aromatic N) is 3. The van der Waals surface area contributed by atoms with E-state index < -0.39 is 13.0 Å². The van der Waals surface area contributed by atoms with E-state index in [0.29, 0.717) is 36.9 Å². The molecule has 0 aliphatic carbocycles. The molecule has 3 N–H and O–H groups in total. The molecule has 36 heavy (non-hydrogen) atoms. The van der Waals surface area contributed by atoms with Crippen molar-refractivity contribution >= 4 is 36.0 Å². The number of nitrogens with one attached hydrogen (secondary N) is 1. The van der Waals surface area contributed by atoms with Crippen molar-refractivity contribution in [1.29, 1.82) is 5.26 Å². The van der Waals surface area contributed by atoms with E-state index in [-0.39, 0.29) is 29.4 Å². The highest BCUT2D eigenvalue weighted by Crippen LogP contribution is 2.26. The van der Waals surface area contributed by atoms with E-state index in [9.17, 15) is 9.59 Å². The molecular formula is C24H32BN5O6. The van der Waals surface area contributed by atoms with Crippen molar-refractivity contribution in [3.8, 4) is 6.57 Å². The van der Waals surface area contributed by atoms with E-state index in [1.165, 1.54) is 7.11 Å². The third kappa shape index (κ3) is 6.63. The van der Waals surface area contributed by atoms with Gasteiger partial charge in [0.25, 0.3) is 5.91 Å². The molecule has 0 bridgehead atoms. The Morgan fingerprint density at radius 2 is 2.06 bits per heavy atom. The zero-order valence-corrected chi connectivity index (χ0v) is 20.9. The molecule has 4 rings (SSSR count). The van der Waals surface area contributed by atoms with Gasteiger partial charge < -0.3 is 29.8 Å². The number of ether oxygens (including phenoxy) is 2. The van der Waals surface area contributed by atoms with E-state index in [1.807, 2.05) is 18.2 Å². The van der Waals surface area contributed by atoms with Crippen molar-refractivity contribution in [2.75, 3.05) is 38.9 Å². The molecule has 1 unspecified atom stereocenters. The van der Waals surface area contributed by atoms with Crippen LogP contribution in [0.4, 0.5) is 11.5 Å². The molecule has 0 saturated carbocycles. The molecule has 2 aliphatic heterocycles. The van der Waals surface area contributed by atoms with Gasteiger partial charge >= 0.3 is 13.1 Å². The van der Waals surface area contributed by atoms with Crippen LogP contribution in [0.5, 0.6) is 0 Å². The summed E-state index contributed by atoms with van der Waals surface area (Å²) in [4.78, 5) is 24.2. The van der Waals surface area contributed by atoms with Crippen molar-refractivity contribution in [1.82, 2.24) is 9.78 Å². The number of anilines is 2. The van der Waals surface area contributed by atoms with Crippen LogP contribution in [0, 0.1) is 17.2 Å². The Bertz CT molecular complexity index is 1090. The van der Waals surface area contributed by atoms with Crippen molar-refractivity contribution in [3.63, 3.8) is 0 Å². The van der Waals surface area contributed by atoms with E-state index in [0.717, 1.165) is 24.9 Å². The summed E-state index contributed by atoms with van der Waals surface area (Å²) in [5, 5.41) is 14.3. The van der Waals surface area contributed by atoms with Crippen molar-refractivity contribution in [3.05, 3.63) is 35.5 Å². The molecule has 2 aliphatic rings. The fraction of sp³-hybridized carbons (Fsp3) is 0.500. The highest BCUT2D eigenvalue weighted by molar-refractivity contribution is 6.62. The van der Waals surface area contributed by atoms with Gasteiger partial charge in [-0.05, 0) is 36.0 Å². The maximum Gasteiger partial charge on any atom is 0.494 e. The highest BCUT2D eigenvalue weighted by atomic mass is 16.6. The first kappa shape index (κ1) is 27.2. The van der Waals surface area contributed by atoms with Crippen LogP contribution >= 0.6 is 0 Å². The quantitative estimate of drug-likeness (QED) is 0.430. The topological polar surface area (TPSA) is 151 Å². The third-order valence-electron chi connectivity index (χ3n) is 5.98. The molecule has 12 heteroatoms. The second kappa shape index (κ2) is 12.0. The number of nitriles is 1. The van der Waals surface area contributed by atoms with E-state index >= 15 is 0 Å². The number of esters is 1. The van der Waals surface area contributed by atoms with Gasteiger partial charge in [-0.3, -0.25) is 14.3 Å². The second-order valence-corrected chi connectivity index (χ2v) is 9.52. The molecule has 0 spiro atoms. The lowest BCUT2D eigenvalue weighted by atomic mass is 9.72. The summed E-state index contributed by atoms with van der Waals surface area (Å²) in [5.41, 5.74) is 7.92. The maximum absolute atomic E-state index is 12.1. The van der Waals surface area contributed by atoms with Gasteiger partial charge in [0, 0.05) is 43.7 Å². The number of methoxy groups -OCH3 is 1. The molecule has 0 radical (unpaired) electrons. The Balaban J connectivity index is 0.00000176. The minimum Gasteiger partial charge on any atom is -0.469 e. The molecule has 1 aromatic heterocycles. The predicted molar refractivity (Wildman–Crippen MR) is 133 cm³/mol. The van der Waals surface area contributed by atoms with Gasteiger partial charge in [0.2, 0.25) is 0 Å². The molecule has 2 aromatic rings. The number of hydrogen-bond acceptors (Lipinski definition) is 9. The number of primary amides is 1. The summed E-state index contributed by atoms with van der Waals surface area (Å²) in [7, 11) is 0.773. The van der Waals surface area contributed by atoms with Gasteiger partial charge in [-0.15, -0.1) is 0 Å². The number of hydrogen-bond donors (Lipinski definition) is 2. The van der Waals surface area contributed by atoms with Gasteiger partial charge in [0.15, 0.2) is 5.82 Å². The number of nitrogens with two attached hydrogens (primary N) is 1. The molecule has 1 aromatic carbocycles. The van der Waals surface area contributed by atoms with Crippen LogP contribution in [0.25, 0.3) is 0 Å². The third-order valence-corrected chi connectivity index (χ3v) is 5.98. The average Bonchev–Trinajstić information content (AvgIpc) is 3.30. The smallest absolute Gasteiger partial charge is 0.469 e. The van der Waals surface area contributed by atoms with Crippen LogP contribution in [-0.4, -0.2) is 62.3 Å². The molecule has 11 nitrogen and oxygen atoms in total. The Morgan fingerprint density at radius 3 is 2.67 bits per heavy atom. The maximum atomic E-state index is 12.1. The first-order valence-electron chi connectivity index (χ1n) is 11.7. The number of carbonyl (C=O) groups excluding carboxylic acids is 2. The van der Waals surface area contributed by atoms with Gasteiger partial charge in [-0.1, -0.05) is 19.9 Å². The summed E-state index contributed by atoms with van der Waals surface area (Å²) in [6, 6.07) is 5.53. The lowest BCUT2D eigenvalue weighted by Crippen LogP contribution is -2.48. The van der Waals surface area contributed by atoms with Crippen molar-refractivity contribution < 1.29 is 28.4 Å². The van der Waals surface area contributed by atoms with Crippen LogP contribution in [-0.2, 0) is 30.0 Å². The zero-order valence-electron chi connectivity index (χ0n) is 20.9. The summed E-state index contributed by atoms with van der Waals surface area (Å²) in [5.74, 6) is -0.612. The van der Waals surface area contributed by atoms with E-state index in [2.05, 4.69) is 30.8 Å². The van der Waals surface area contributed by atoms with Crippen LogP contribution < -0.4 is 16.5 Å². The normalized spacial score (nSPS) is 19.0. The predicted octanol–water partition coefficient (Wildman–Crippen LogP) is 1.70. The summed E-state index contributed by atoms with van der Waals surface area (Å²) in [6.07, 6.45) is 3.54. The molecule has 1 atom stereocenters. The lowest BCUT2D eigenvalue weighted by Gasteiger charge is -2.33. The van der Waals surface area contributed by atoms with Crippen molar-refractivity contribution in [2.24, 2.45) is 11.1 Å². The minimum absolute atomic E-state index is 0.0458. The zero-order chi connectivity index (χ0) is 26.3. The van der Waals surface area contributed by atoms with Crippen LogP contribution in [0.15, 0.2) is 24.4 Å². The number of amides is 1. The standard InChI is InChI=1S/C23H31BN4O6.CHN/c1-23(2)13-33-24(34-14-23)19-7-6-16(9-15(19)10-20(29)31-3)26-22-18(21(25)30)11-28(27-22)17-5-4-8-32-12-17;1-2/h6-7,9,11,17H,4-5,8,10,12-14H2,1-3H3,(H2,25,30)(H,26,27);1H. The number of aromatic nitrogens is 2. The molecule has 192 valence electrons. The fourth-order valence-corrected chi connectivity index (χ4v) is 4.09. The minimum atomic E-state index is -0.580. The lowest BCUT2D eigenvalue weighted by molar-refractivity contribution is -0.139. The Morgan fingerprint density at radius 1 is 1.33 bits per heavy atom. The van der Waals surface area contributed by atoms with E-state index in [4.69, 9.17) is 29.8 Å². The number of benzene rings is 1. The molecule has 2 fully saturated rings. The van der Waals surface area contributed by atoms with Crippen LogP contribution in [0.3, 0.4) is 0 Å². The SMILES string of the molecule is C#N.COC(=O)Cc1cc(Nc2nn(C3CCCOC3)cc2C(N)=O)ccc1B1OCC(C)(C)CO1. The molecule has 1 amide bonds. The van der Waals surface area contributed by atoms with Crippen LogP contribution in [0.1, 0.15) is 48.7 Å². The number of carbonyl (C=O) groups is 2. The monoisotopic (exact) mass is 497 g/mol. The fourth-order valence-electron chi connectivity index (χ4n) is 4.09. The Kier molecular flexibility index (Phi) is 9.09. The summed E-state index contributed by atoms with van der Waals surface area (Å²) < 4.78 is 24.0. The number of rotatable bonds is 7. The van der Waals surface area contributed by atoms with E-state index in [1.54, 1.807) is 10.9 Å². The first-order valence-corrected chi connectivity index (χ1v) is 11.7.